The van der Waals surface area contributed by atoms with Crippen molar-refractivity contribution < 1.29 is 4.74 Å². The van der Waals surface area contributed by atoms with Gasteiger partial charge in [0.15, 0.2) is 0 Å². The Morgan fingerprint density at radius 3 is 2.71 bits per heavy atom. The van der Waals surface area contributed by atoms with E-state index >= 15 is 0 Å². The minimum atomic E-state index is 0.571. The molecule has 1 aromatic carbocycles. The molecule has 1 heterocycles. The lowest BCUT2D eigenvalue weighted by molar-refractivity contribution is 0.181. The van der Waals surface area contributed by atoms with Crippen LogP contribution in [0.5, 0.6) is 0 Å². The Morgan fingerprint density at radius 2 is 2.06 bits per heavy atom. The summed E-state index contributed by atoms with van der Waals surface area (Å²) in [5, 5.41) is 1.13. The molecule has 0 bridgehead atoms. The number of hydrogen-bond donors (Lipinski definition) is 1. The lowest BCUT2D eigenvalue weighted by Gasteiger charge is -1.96. The lowest BCUT2D eigenvalue weighted by atomic mass is 10.2. The number of ether oxygens (including phenoxy) is 1. The third-order valence-electron chi connectivity index (χ3n) is 2.45. The zero-order chi connectivity index (χ0) is 12.1. The van der Waals surface area contributed by atoms with Gasteiger partial charge in [0, 0.05) is 24.2 Å². The maximum atomic E-state index is 5.14. The number of hydrogen-bond acceptors (Lipinski definition) is 4. The summed E-state index contributed by atoms with van der Waals surface area (Å²) in [6.07, 6.45) is 0.885. The van der Waals surface area contributed by atoms with Gasteiger partial charge < -0.3 is 4.74 Å². The molecule has 0 fully saturated rings. The fourth-order valence-electron chi connectivity index (χ4n) is 1.66. The first-order valence-corrected chi connectivity index (χ1v) is 6.89. The van der Waals surface area contributed by atoms with Gasteiger partial charge in [0.1, 0.15) is 0 Å². The van der Waals surface area contributed by atoms with Gasteiger partial charge in [-0.25, -0.2) is 4.98 Å². The molecule has 0 aliphatic rings. The maximum absolute atomic E-state index is 5.14. The quantitative estimate of drug-likeness (QED) is 0.838. The Balaban J connectivity index is 2.16. The first kappa shape index (κ1) is 12.6. The van der Waals surface area contributed by atoms with Gasteiger partial charge in [-0.3, -0.25) is 0 Å². The smallest absolute Gasteiger partial charge is 0.0976 e. The van der Waals surface area contributed by atoms with E-state index in [1.54, 1.807) is 18.4 Å². The van der Waals surface area contributed by atoms with E-state index in [1.807, 2.05) is 6.07 Å². The summed E-state index contributed by atoms with van der Waals surface area (Å²) < 4.78 is 5.14. The van der Waals surface area contributed by atoms with Crippen LogP contribution in [0.4, 0.5) is 0 Å². The Hall–Kier alpha value is -0.840. The van der Waals surface area contributed by atoms with Gasteiger partial charge in [-0.1, -0.05) is 30.3 Å². The molecule has 17 heavy (non-hydrogen) atoms. The SMILES string of the molecule is COCc1nc(Cc2ccccc2)sc1CS. The number of benzene rings is 1. The second-order valence-electron chi connectivity index (χ2n) is 3.73. The lowest BCUT2D eigenvalue weighted by Crippen LogP contribution is -1.92. The summed E-state index contributed by atoms with van der Waals surface area (Å²) in [6.45, 7) is 0.571. The van der Waals surface area contributed by atoms with Crippen molar-refractivity contribution in [3.63, 3.8) is 0 Å². The molecule has 1 aromatic heterocycles. The molecule has 0 amide bonds. The van der Waals surface area contributed by atoms with Crippen molar-refractivity contribution in [2.45, 2.75) is 18.8 Å². The largest absolute Gasteiger partial charge is 0.378 e. The zero-order valence-electron chi connectivity index (χ0n) is 9.72. The van der Waals surface area contributed by atoms with Crippen LogP contribution in [-0.2, 0) is 23.5 Å². The average molecular weight is 265 g/mol. The highest BCUT2D eigenvalue weighted by Gasteiger charge is 2.10. The summed E-state index contributed by atoms with van der Waals surface area (Å²) in [6, 6.07) is 10.4. The molecule has 90 valence electrons. The minimum Gasteiger partial charge on any atom is -0.378 e. The summed E-state index contributed by atoms with van der Waals surface area (Å²) in [7, 11) is 1.69. The Bertz CT molecular complexity index is 468. The topological polar surface area (TPSA) is 22.1 Å². The second kappa shape index (κ2) is 6.19. The molecule has 2 aromatic rings. The van der Waals surface area contributed by atoms with Crippen LogP contribution < -0.4 is 0 Å². The molecular weight excluding hydrogens is 250 g/mol. The monoisotopic (exact) mass is 265 g/mol. The summed E-state index contributed by atoms with van der Waals surface area (Å²) in [5.74, 6) is 0.727. The molecule has 0 saturated carbocycles. The number of aromatic nitrogens is 1. The van der Waals surface area contributed by atoms with Gasteiger partial charge in [0.2, 0.25) is 0 Å². The summed E-state index contributed by atoms with van der Waals surface area (Å²) >= 11 is 6.05. The predicted molar refractivity (Wildman–Crippen MR) is 74.8 cm³/mol. The Labute approximate surface area is 111 Å². The van der Waals surface area contributed by atoms with Crippen molar-refractivity contribution in [2.24, 2.45) is 0 Å². The van der Waals surface area contributed by atoms with Gasteiger partial charge in [0.05, 0.1) is 17.3 Å². The molecular formula is C13H15NOS2. The molecule has 4 heteroatoms. The summed E-state index contributed by atoms with van der Waals surface area (Å²) in [4.78, 5) is 5.82. The zero-order valence-corrected chi connectivity index (χ0v) is 11.4. The molecule has 0 atom stereocenters. The highest BCUT2D eigenvalue weighted by atomic mass is 32.1. The number of nitrogens with zero attached hydrogens (tertiary/aromatic N) is 1. The minimum absolute atomic E-state index is 0.571. The number of thiazole rings is 1. The van der Waals surface area contributed by atoms with Crippen molar-refractivity contribution in [1.29, 1.82) is 0 Å². The normalized spacial score (nSPS) is 10.7. The van der Waals surface area contributed by atoms with Crippen LogP contribution in [0.3, 0.4) is 0 Å². The van der Waals surface area contributed by atoms with Crippen molar-refractivity contribution >= 4 is 24.0 Å². The standard InChI is InChI=1S/C13H15NOS2/c1-15-8-11-12(9-16)17-13(14-11)7-10-5-3-2-4-6-10/h2-6,16H,7-9H2,1H3. The maximum Gasteiger partial charge on any atom is 0.0976 e. The molecule has 0 aliphatic heterocycles. The highest BCUT2D eigenvalue weighted by Crippen LogP contribution is 2.23. The van der Waals surface area contributed by atoms with Crippen LogP contribution in [0.2, 0.25) is 0 Å². The van der Waals surface area contributed by atoms with Crippen molar-refractivity contribution in [2.75, 3.05) is 7.11 Å². The van der Waals surface area contributed by atoms with Crippen LogP contribution in [-0.4, -0.2) is 12.1 Å². The molecule has 0 N–H and O–H groups in total. The second-order valence-corrected chi connectivity index (χ2v) is 5.22. The predicted octanol–water partition coefficient (Wildman–Crippen LogP) is 3.31. The highest BCUT2D eigenvalue weighted by molar-refractivity contribution is 7.79. The third kappa shape index (κ3) is 3.31. The fraction of sp³-hybridized carbons (Fsp3) is 0.308. The third-order valence-corrected chi connectivity index (χ3v) is 4.07. The van der Waals surface area contributed by atoms with Gasteiger partial charge >= 0.3 is 0 Å². The fourth-order valence-corrected chi connectivity index (χ4v) is 3.00. The molecule has 0 aliphatic carbocycles. The molecule has 0 spiro atoms. The number of methoxy groups -OCH3 is 1. The van der Waals surface area contributed by atoms with E-state index in [9.17, 15) is 0 Å². The van der Waals surface area contributed by atoms with Crippen LogP contribution in [0.1, 0.15) is 21.1 Å². The van der Waals surface area contributed by atoms with Crippen LogP contribution in [0.15, 0.2) is 30.3 Å². The van der Waals surface area contributed by atoms with Gasteiger partial charge in [-0.15, -0.1) is 11.3 Å². The first-order valence-electron chi connectivity index (χ1n) is 5.44. The Morgan fingerprint density at radius 1 is 1.29 bits per heavy atom. The van der Waals surface area contributed by atoms with E-state index in [2.05, 4.69) is 41.9 Å². The van der Waals surface area contributed by atoms with Gasteiger partial charge in [-0.2, -0.15) is 12.6 Å². The van der Waals surface area contributed by atoms with E-state index in [1.165, 1.54) is 10.4 Å². The van der Waals surface area contributed by atoms with E-state index in [4.69, 9.17) is 4.74 Å². The van der Waals surface area contributed by atoms with Crippen molar-refractivity contribution in [1.82, 2.24) is 4.98 Å². The van der Waals surface area contributed by atoms with Crippen LogP contribution in [0.25, 0.3) is 0 Å². The van der Waals surface area contributed by atoms with Gasteiger partial charge in [-0.05, 0) is 5.56 Å². The molecule has 0 unspecified atom stereocenters. The van der Waals surface area contributed by atoms with Crippen molar-refractivity contribution in [3.05, 3.63) is 51.5 Å². The van der Waals surface area contributed by atoms with Crippen LogP contribution >= 0.6 is 24.0 Å². The molecule has 2 nitrogen and oxygen atoms in total. The molecule has 0 saturated heterocycles. The first-order chi connectivity index (χ1) is 8.33. The summed E-state index contributed by atoms with van der Waals surface area (Å²) in [5.41, 5.74) is 2.31. The molecule has 0 radical (unpaired) electrons. The Kier molecular flexibility index (Phi) is 4.59. The van der Waals surface area contributed by atoms with Crippen LogP contribution in [0, 0.1) is 0 Å². The number of rotatable bonds is 5. The van der Waals surface area contributed by atoms with Crippen molar-refractivity contribution in [3.8, 4) is 0 Å². The van der Waals surface area contributed by atoms with E-state index in [-0.39, 0.29) is 0 Å². The van der Waals surface area contributed by atoms with E-state index in [0.717, 1.165) is 22.9 Å². The van der Waals surface area contributed by atoms with E-state index in [0.29, 0.717) is 6.61 Å². The molecule has 2 rings (SSSR count). The van der Waals surface area contributed by atoms with E-state index < -0.39 is 0 Å². The number of thiol groups is 1. The van der Waals surface area contributed by atoms with Gasteiger partial charge in [0.25, 0.3) is 0 Å². The average Bonchev–Trinajstić information content (AvgIpc) is 2.73.